The van der Waals surface area contributed by atoms with Crippen LogP contribution in [0.15, 0.2) is 37.2 Å². The van der Waals surface area contributed by atoms with Crippen molar-refractivity contribution >= 4 is 17.4 Å². The van der Waals surface area contributed by atoms with Gasteiger partial charge < -0.3 is 15.3 Å². The molecule has 142 valence electrons. The Morgan fingerprint density at radius 1 is 1.19 bits per heavy atom. The summed E-state index contributed by atoms with van der Waals surface area (Å²) in [6.45, 7) is 7.21. The minimum absolute atomic E-state index is 0.231. The Hall–Kier alpha value is -3.07. The number of nitrogens with one attached hydrogen (secondary N) is 1. The Balaban J connectivity index is 0.000000307. The largest absolute Gasteiger partial charge is 0.481 e. The average molecular weight is 369 g/mol. The molecule has 9 nitrogen and oxygen atoms in total. The molecule has 1 saturated heterocycles. The van der Waals surface area contributed by atoms with E-state index in [1.54, 1.807) is 30.8 Å². The van der Waals surface area contributed by atoms with Crippen LogP contribution in [0.2, 0.25) is 0 Å². The van der Waals surface area contributed by atoms with E-state index in [4.69, 9.17) is 10.1 Å². The fraction of sp³-hybridized carbons (Fsp3) is 0.389. The number of anilines is 1. The second-order valence-corrected chi connectivity index (χ2v) is 6.47. The van der Waals surface area contributed by atoms with Gasteiger partial charge in [-0.15, -0.1) is 0 Å². The highest BCUT2D eigenvalue weighted by molar-refractivity contribution is 5.76. The Bertz CT molecular complexity index is 889. The molecule has 4 heterocycles. The zero-order valence-corrected chi connectivity index (χ0v) is 15.4. The quantitative estimate of drug-likeness (QED) is 0.712. The number of carbonyl (C=O) groups is 1. The van der Waals surface area contributed by atoms with E-state index in [9.17, 15) is 4.79 Å². The Labute approximate surface area is 157 Å². The van der Waals surface area contributed by atoms with Crippen molar-refractivity contribution in [3.8, 4) is 11.1 Å². The third kappa shape index (κ3) is 4.56. The Morgan fingerprint density at radius 2 is 1.85 bits per heavy atom. The van der Waals surface area contributed by atoms with Crippen molar-refractivity contribution in [3.05, 3.63) is 37.2 Å². The number of rotatable bonds is 3. The molecule has 0 atom stereocenters. The number of fused-ring (bicyclic) bond motifs is 1. The first-order valence-electron chi connectivity index (χ1n) is 8.84. The van der Waals surface area contributed by atoms with Crippen LogP contribution in [0.25, 0.3) is 16.8 Å². The number of aliphatic carboxylic acids is 1. The molecule has 0 unspecified atom stereocenters. The molecule has 0 aliphatic carbocycles. The summed E-state index contributed by atoms with van der Waals surface area (Å²) in [6, 6.07) is 2.01. The Morgan fingerprint density at radius 3 is 2.48 bits per heavy atom. The van der Waals surface area contributed by atoms with Gasteiger partial charge in [0, 0.05) is 55.9 Å². The van der Waals surface area contributed by atoms with Crippen LogP contribution < -0.4 is 10.2 Å². The minimum atomic E-state index is -0.741. The lowest BCUT2D eigenvalue weighted by atomic mass is 10.2. The van der Waals surface area contributed by atoms with Crippen molar-refractivity contribution in [2.45, 2.75) is 13.8 Å². The summed E-state index contributed by atoms with van der Waals surface area (Å²) in [4.78, 5) is 24.9. The second-order valence-electron chi connectivity index (χ2n) is 6.47. The number of carboxylic acid groups (broad SMARTS) is 1. The lowest BCUT2D eigenvalue weighted by Crippen LogP contribution is -2.43. The summed E-state index contributed by atoms with van der Waals surface area (Å²) in [5.41, 5.74) is 2.71. The van der Waals surface area contributed by atoms with Gasteiger partial charge in [-0.25, -0.2) is 19.5 Å². The molecule has 3 aromatic heterocycles. The molecule has 0 amide bonds. The van der Waals surface area contributed by atoms with Crippen molar-refractivity contribution < 1.29 is 9.90 Å². The molecule has 27 heavy (non-hydrogen) atoms. The zero-order chi connectivity index (χ0) is 19.2. The van der Waals surface area contributed by atoms with E-state index in [1.807, 2.05) is 18.5 Å². The number of hydrogen-bond acceptors (Lipinski definition) is 7. The van der Waals surface area contributed by atoms with Crippen LogP contribution in [0.3, 0.4) is 0 Å². The van der Waals surface area contributed by atoms with Gasteiger partial charge >= 0.3 is 5.97 Å². The number of carboxylic acids is 1. The van der Waals surface area contributed by atoms with E-state index in [1.165, 1.54) is 6.33 Å². The van der Waals surface area contributed by atoms with Gasteiger partial charge in [0.25, 0.3) is 0 Å². The molecule has 0 aromatic carbocycles. The van der Waals surface area contributed by atoms with Crippen molar-refractivity contribution in [1.29, 1.82) is 0 Å². The highest BCUT2D eigenvalue weighted by Gasteiger charge is 2.14. The van der Waals surface area contributed by atoms with E-state index in [0.717, 1.165) is 48.8 Å². The monoisotopic (exact) mass is 369 g/mol. The molecule has 3 aromatic rings. The van der Waals surface area contributed by atoms with Crippen LogP contribution in [0.1, 0.15) is 13.8 Å². The normalized spacial score (nSPS) is 14.1. The number of hydrogen-bond donors (Lipinski definition) is 2. The standard InChI is InChI=1S/C14H15N7.C4H8O2/c1-4-21-14(19-13(1)20-5-2-15-3-6-20)12(9-18-21)11-7-16-10-17-8-11;1-3(2)4(5)6/h1,4,7-10,15H,2-3,5-6H2;3H,1-2H3,(H,5,6). The summed E-state index contributed by atoms with van der Waals surface area (Å²) in [7, 11) is 0. The zero-order valence-electron chi connectivity index (χ0n) is 15.4. The molecule has 1 aliphatic heterocycles. The molecular weight excluding hydrogens is 346 g/mol. The van der Waals surface area contributed by atoms with Gasteiger partial charge in [0.2, 0.25) is 0 Å². The van der Waals surface area contributed by atoms with Gasteiger partial charge in [0.05, 0.1) is 12.1 Å². The van der Waals surface area contributed by atoms with Crippen LogP contribution in [-0.4, -0.2) is 61.8 Å². The van der Waals surface area contributed by atoms with E-state index >= 15 is 0 Å². The first-order chi connectivity index (χ1) is 13.1. The van der Waals surface area contributed by atoms with Gasteiger partial charge in [0.15, 0.2) is 5.65 Å². The lowest BCUT2D eigenvalue weighted by Gasteiger charge is -2.28. The Kier molecular flexibility index (Phi) is 5.92. The molecule has 9 heteroatoms. The van der Waals surface area contributed by atoms with Crippen molar-refractivity contribution in [1.82, 2.24) is 29.9 Å². The van der Waals surface area contributed by atoms with E-state index < -0.39 is 5.97 Å². The maximum atomic E-state index is 9.70. The fourth-order valence-electron chi connectivity index (χ4n) is 2.57. The van der Waals surface area contributed by atoms with Gasteiger partial charge in [-0.1, -0.05) is 13.8 Å². The summed E-state index contributed by atoms with van der Waals surface area (Å²) in [5, 5.41) is 15.7. The van der Waals surface area contributed by atoms with Gasteiger partial charge in [-0.3, -0.25) is 4.79 Å². The molecular formula is C18H23N7O2. The molecule has 1 fully saturated rings. The average Bonchev–Trinajstić information content (AvgIpc) is 3.13. The van der Waals surface area contributed by atoms with Gasteiger partial charge in [0.1, 0.15) is 12.1 Å². The van der Waals surface area contributed by atoms with Crippen LogP contribution in [0.4, 0.5) is 5.82 Å². The summed E-state index contributed by atoms with van der Waals surface area (Å²) in [5.74, 6) is 0.0163. The number of piperazine rings is 1. The number of aromatic nitrogens is 5. The topological polar surface area (TPSA) is 109 Å². The van der Waals surface area contributed by atoms with Gasteiger partial charge in [-0.2, -0.15) is 5.10 Å². The highest BCUT2D eigenvalue weighted by Crippen LogP contribution is 2.23. The maximum absolute atomic E-state index is 9.70. The SMILES string of the molecule is CC(C)C(=O)O.c1ncc(-c2cnn3ccc(N4CCNCC4)nc23)cn1. The summed E-state index contributed by atoms with van der Waals surface area (Å²) >= 11 is 0. The molecule has 0 radical (unpaired) electrons. The van der Waals surface area contributed by atoms with Crippen LogP contribution in [0.5, 0.6) is 0 Å². The molecule has 0 saturated carbocycles. The third-order valence-corrected chi connectivity index (χ3v) is 4.16. The van der Waals surface area contributed by atoms with E-state index in [-0.39, 0.29) is 5.92 Å². The minimum Gasteiger partial charge on any atom is -0.481 e. The van der Waals surface area contributed by atoms with Crippen molar-refractivity contribution in [2.24, 2.45) is 5.92 Å². The first kappa shape index (κ1) is 18.7. The van der Waals surface area contributed by atoms with E-state index in [2.05, 4.69) is 25.3 Å². The molecule has 1 aliphatic rings. The van der Waals surface area contributed by atoms with Crippen molar-refractivity contribution in [3.63, 3.8) is 0 Å². The fourth-order valence-corrected chi connectivity index (χ4v) is 2.57. The molecule has 2 N–H and O–H groups in total. The predicted molar refractivity (Wildman–Crippen MR) is 102 cm³/mol. The smallest absolute Gasteiger partial charge is 0.305 e. The van der Waals surface area contributed by atoms with Crippen LogP contribution >= 0.6 is 0 Å². The van der Waals surface area contributed by atoms with Gasteiger partial charge in [-0.05, 0) is 6.07 Å². The van der Waals surface area contributed by atoms with E-state index in [0.29, 0.717) is 0 Å². The summed E-state index contributed by atoms with van der Waals surface area (Å²) in [6.07, 6.45) is 8.84. The van der Waals surface area contributed by atoms with Crippen molar-refractivity contribution in [2.75, 3.05) is 31.1 Å². The summed E-state index contributed by atoms with van der Waals surface area (Å²) < 4.78 is 1.79. The molecule has 0 spiro atoms. The predicted octanol–water partition coefficient (Wildman–Crippen LogP) is 1.32. The van der Waals surface area contributed by atoms with Crippen LogP contribution in [0, 0.1) is 5.92 Å². The number of nitrogens with zero attached hydrogens (tertiary/aromatic N) is 6. The van der Waals surface area contributed by atoms with Crippen LogP contribution in [-0.2, 0) is 4.79 Å². The first-order valence-corrected chi connectivity index (χ1v) is 8.84. The highest BCUT2D eigenvalue weighted by atomic mass is 16.4. The molecule has 4 rings (SSSR count). The maximum Gasteiger partial charge on any atom is 0.305 e. The third-order valence-electron chi connectivity index (χ3n) is 4.16. The lowest BCUT2D eigenvalue weighted by molar-refractivity contribution is -0.140. The second kappa shape index (κ2) is 8.54. The molecule has 0 bridgehead atoms.